The molecule has 0 atom stereocenters. The molecule has 0 unspecified atom stereocenters. The van der Waals surface area contributed by atoms with Gasteiger partial charge in [0, 0.05) is 12.7 Å². The van der Waals surface area contributed by atoms with E-state index in [1.165, 1.54) is 6.20 Å². The van der Waals surface area contributed by atoms with Crippen molar-refractivity contribution in [2.75, 3.05) is 13.2 Å². The number of rotatable bonds is 6. The van der Waals surface area contributed by atoms with Crippen LogP contribution in [0.5, 0.6) is 0 Å². The Morgan fingerprint density at radius 1 is 1.30 bits per heavy atom. The van der Waals surface area contributed by atoms with Gasteiger partial charge in [-0.05, 0) is 47.5 Å². The predicted molar refractivity (Wildman–Crippen MR) is 85.3 cm³/mol. The van der Waals surface area contributed by atoms with E-state index in [0.29, 0.717) is 25.1 Å². The summed E-state index contributed by atoms with van der Waals surface area (Å²) in [6.07, 6.45) is 2.20. The van der Waals surface area contributed by atoms with Crippen molar-refractivity contribution in [2.24, 2.45) is 0 Å². The molecule has 1 aromatic rings. The van der Waals surface area contributed by atoms with Gasteiger partial charge in [0.2, 0.25) is 0 Å². The predicted octanol–water partition coefficient (Wildman–Crippen LogP) is 2.42. The monoisotopic (exact) mass is 323 g/mol. The molecule has 0 aromatic carbocycles. The zero-order valence-electron chi connectivity index (χ0n) is 14.4. The third-order valence-electron chi connectivity index (χ3n) is 2.69. The summed E-state index contributed by atoms with van der Waals surface area (Å²) in [4.78, 5) is 31.9. The first-order valence-electron chi connectivity index (χ1n) is 7.69. The highest BCUT2D eigenvalue weighted by atomic mass is 16.6. The maximum atomic E-state index is 11.9. The normalized spacial score (nSPS) is 11.0. The van der Waals surface area contributed by atoms with Gasteiger partial charge in [-0.2, -0.15) is 0 Å². The second-order valence-corrected chi connectivity index (χ2v) is 6.06. The van der Waals surface area contributed by atoms with Crippen LogP contribution in [0.25, 0.3) is 0 Å². The summed E-state index contributed by atoms with van der Waals surface area (Å²) in [5, 5.41) is 2.67. The van der Waals surface area contributed by atoms with E-state index in [1.807, 2.05) is 6.92 Å². The largest absolute Gasteiger partial charge is 0.461 e. The lowest BCUT2D eigenvalue weighted by Gasteiger charge is -2.19. The minimum atomic E-state index is -0.525. The number of amides is 1. The molecule has 128 valence electrons. The van der Waals surface area contributed by atoms with Crippen LogP contribution in [0, 0.1) is 6.92 Å². The van der Waals surface area contributed by atoms with Crippen LogP contribution in [0.15, 0.2) is 6.20 Å². The molecule has 0 spiro atoms. The highest BCUT2D eigenvalue weighted by Crippen LogP contribution is 2.09. The summed E-state index contributed by atoms with van der Waals surface area (Å²) in [5.41, 5.74) is 1.01. The number of carbonyl (C=O) groups is 2. The molecule has 1 aromatic heterocycles. The van der Waals surface area contributed by atoms with Crippen LogP contribution < -0.4 is 5.32 Å². The van der Waals surface area contributed by atoms with Crippen LogP contribution in [-0.4, -0.2) is 40.8 Å². The van der Waals surface area contributed by atoms with Crippen LogP contribution >= 0.6 is 0 Å². The summed E-state index contributed by atoms with van der Waals surface area (Å²) < 4.78 is 10.1. The minimum Gasteiger partial charge on any atom is -0.461 e. The molecule has 1 heterocycles. The molecular formula is C16H25N3O4. The molecule has 0 aliphatic heterocycles. The number of carbonyl (C=O) groups excluding carboxylic acids is 2. The number of esters is 1. The van der Waals surface area contributed by atoms with E-state index in [-0.39, 0.29) is 12.3 Å². The number of ether oxygens (including phenoxy) is 2. The molecule has 0 aliphatic carbocycles. The quantitative estimate of drug-likeness (QED) is 0.638. The average molecular weight is 323 g/mol. The molecule has 0 saturated heterocycles. The number of hydrogen-bond donors (Lipinski definition) is 1. The lowest BCUT2D eigenvalue weighted by molar-refractivity contribution is 0.0508. The summed E-state index contributed by atoms with van der Waals surface area (Å²) in [6, 6.07) is 0. The van der Waals surface area contributed by atoms with Crippen LogP contribution in [-0.2, 0) is 15.9 Å². The Hall–Kier alpha value is -2.18. The Balaban J connectivity index is 2.56. The highest BCUT2D eigenvalue weighted by Gasteiger charge is 2.17. The molecule has 0 bridgehead atoms. The SMILES string of the molecule is CCOC(=O)c1ncc(C)nc1CCCNC(=O)OC(C)(C)C. The first kappa shape index (κ1) is 18.9. The summed E-state index contributed by atoms with van der Waals surface area (Å²) >= 11 is 0. The molecule has 7 heteroatoms. The fourth-order valence-electron chi connectivity index (χ4n) is 1.83. The number of aryl methyl sites for hydroxylation is 2. The topological polar surface area (TPSA) is 90.4 Å². The van der Waals surface area contributed by atoms with Crippen molar-refractivity contribution in [3.8, 4) is 0 Å². The standard InChI is InChI=1S/C16H25N3O4/c1-6-22-14(20)13-12(19-11(2)10-18-13)8-7-9-17-15(21)23-16(3,4)5/h10H,6-9H2,1-5H3,(H,17,21). The van der Waals surface area contributed by atoms with Crippen molar-refractivity contribution in [3.05, 3.63) is 23.3 Å². The lowest BCUT2D eigenvalue weighted by Crippen LogP contribution is -2.33. The maximum Gasteiger partial charge on any atom is 0.407 e. The minimum absolute atomic E-state index is 0.231. The van der Waals surface area contributed by atoms with E-state index < -0.39 is 17.7 Å². The van der Waals surface area contributed by atoms with Gasteiger partial charge >= 0.3 is 12.1 Å². The van der Waals surface area contributed by atoms with Crippen LogP contribution in [0.2, 0.25) is 0 Å². The number of aromatic nitrogens is 2. The van der Waals surface area contributed by atoms with Gasteiger partial charge in [-0.1, -0.05) is 0 Å². The van der Waals surface area contributed by atoms with Gasteiger partial charge in [-0.25, -0.2) is 14.6 Å². The Kier molecular flexibility index (Phi) is 6.93. The van der Waals surface area contributed by atoms with Crippen LogP contribution in [0.1, 0.15) is 56.0 Å². The van der Waals surface area contributed by atoms with Crippen molar-refractivity contribution in [2.45, 2.75) is 53.1 Å². The van der Waals surface area contributed by atoms with Gasteiger partial charge in [0.15, 0.2) is 5.69 Å². The first-order chi connectivity index (χ1) is 10.7. The van der Waals surface area contributed by atoms with E-state index in [1.54, 1.807) is 27.7 Å². The summed E-state index contributed by atoms with van der Waals surface area (Å²) in [6.45, 7) is 9.68. The van der Waals surface area contributed by atoms with E-state index >= 15 is 0 Å². The average Bonchev–Trinajstić information content (AvgIpc) is 2.42. The number of nitrogens with zero attached hydrogens (tertiary/aromatic N) is 2. The molecule has 0 aliphatic rings. The Bertz CT molecular complexity index is 553. The smallest absolute Gasteiger partial charge is 0.407 e. The first-order valence-corrected chi connectivity index (χ1v) is 7.69. The number of alkyl carbamates (subject to hydrolysis) is 1. The van der Waals surface area contributed by atoms with Crippen molar-refractivity contribution in [3.63, 3.8) is 0 Å². The molecular weight excluding hydrogens is 298 g/mol. The summed E-state index contributed by atoms with van der Waals surface area (Å²) in [7, 11) is 0. The lowest BCUT2D eigenvalue weighted by atomic mass is 10.2. The Labute approximate surface area is 136 Å². The fourth-order valence-corrected chi connectivity index (χ4v) is 1.83. The Morgan fingerprint density at radius 3 is 2.61 bits per heavy atom. The third kappa shape index (κ3) is 7.08. The third-order valence-corrected chi connectivity index (χ3v) is 2.69. The van der Waals surface area contributed by atoms with Gasteiger partial charge in [0.25, 0.3) is 0 Å². The van der Waals surface area contributed by atoms with E-state index in [9.17, 15) is 9.59 Å². The molecule has 1 amide bonds. The second-order valence-electron chi connectivity index (χ2n) is 6.06. The molecule has 0 fully saturated rings. The number of nitrogens with one attached hydrogen (secondary N) is 1. The molecule has 1 N–H and O–H groups in total. The van der Waals surface area contributed by atoms with Crippen molar-refractivity contribution in [1.29, 1.82) is 0 Å². The van der Waals surface area contributed by atoms with Gasteiger partial charge in [-0.15, -0.1) is 0 Å². The van der Waals surface area contributed by atoms with E-state index in [4.69, 9.17) is 9.47 Å². The van der Waals surface area contributed by atoms with Gasteiger partial charge in [0.05, 0.1) is 18.0 Å². The molecule has 23 heavy (non-hydrogen) atoms. The molecule has 0 radical (unpaired) electrons. The van der Waals surface area contributed by atoms with Crippen molar-refractivity contribution in [1.82, 2.24) is 15.3 Å². The zero-order valence-corrected chi connectivity index (χ0v) is 14.4. The Morgan fingerprint density at radius 2 is 2.00 bits per heavy atom. The molecule has 1 rings (SSSR count). The second kappa shape index (κ2) is 8.45. The number of hydrogen-bond acceptors (Lipinski definition) is 6. The van der Waals surface area contributed by atoms with Gasteiger partial charge < -0.3 is 14.8 Å². The van der Waals surface area contributed by atoms with E-state index in [0.717, 1.165) is 5.69 Å². The molecule has 0 saturated carbocycles. The van der Waals surface area contributed by atoms with Gasteiger partial charge in [0.1, 0.15) is 5.60 Å². The van der Waals surface area contributed by atoms with Crippen LogP contribution in [0.4, 0.5) is 4.79 Å². The highest BCUT2D eigenvalue weighted by molar-refractivity contribution is 5.88. The fraction of sp³-hybridized carbons (Fsp3) is 0.625. The zero-order chi connectivity index (χ0) is 17.5. The van der Waals surface area contributed by atoms with E-state index in [2.05, 4.69) is 15.3 Å². The molecule has 7 nitrogen and oxygen atoms in total. The van der Waals surface area contributed by atoms with Gasteiger partial charge in [-0.3, -0.25) is 4.98 Å². The maximum absolute atomic E-state index is 11.9. The van der Waals surface area contributed by atoms with Crippen molar-refractivity contribution < 1.29 is 19.1 Å². The van der Waals surface area contributed by atoms with Crippen LogP contribution in [0.3, 0.4) is 0 Å². The van der Waals surface area contributed by atoms with Crippen molar-refractivity contribution >= 4 is 12.1 Å². The summed E-state index contributed by atoms with van der Waals surface area (Å²) in [5.74, 6) is -0.477.